The lowest BCUT2D eigenvalue weighted by atomic mass is 9.98. The molecule has 0 spiro atoms. The Morgan fingerprint density at radius 2 is 0.744 bits per heavy atom. The second kappa shape index (κ2) is 13.6. The number of hydrogen-bond acceptors (Lipinski definition) is 9. The third kappa shape index (κ3) is 7.14. The minimum Gasteiger partial charge on any atom is -0.452 e. The van der Waals surface area contributed by atoms with Gasteiger partial charge in [0.2, 0.25) is 12.4 Å². The molecule has 1 heterocycles. The summed E-state index contributed by atoms with van der Waals surface area (Å²) in [7, 11) is 0. The molecule has 0 radical (unpaired) electrons. The van der Waals surface area contributed by atoms with Crippen molar-refractivity contribution < 1.29 is 42.9 Å². The van der Waals surface area contributed by atoms with Crippen molar-refractivity contribution in [3.8, 4) is 0 Å². The average molecular weight is 581 g/mol. The molecule has 1 aliphatic rings. The molecular formula is C34H28O9. The molecule has 9 heteroatoms. The molecule has 4 aromatic rings. The SMILES string of the molecule is C[C@@H]1O[C@@H](OC(=O)c2ccccc2)[C@@H](OC(=O)c2ccccc2)[C@H](OC(=O)c2ccccc2)[C@@H]1OC(=O)c1ccccc1. The highest BCUT2D eigenvalue weighted by molar-refractivity contribution is 5.92. The summed E-state index contributed by atoms with van der Waals surface area (Å²) in [4.78, 5) is 52.8. The number of esters is 4. The quantitative estimate of drug-likeness (QED) is 0.203. The summed E-state index contributed by atoms with van der Waals surface area (Å²) in [5, 5.41) is 0. The van der Waals surface area contributed by atoms with E-state index in [0.717, 1.165) is 0 Å². The lowest BCUT2D eigenvalue weighted by Gasteiger charge is -2.43. The van der Waals surface area contributed by atoms with Crippen molar-refractivity contribution in [2.24, 2.45) is 0 Å². The second-order valence-electron chi connectivity index (χ2n) is 9.69. The zero-order valence-electron chi connectivity index (χ0n) is 23.1. The van der Waals surface area contributed by atoms with Crippen LogP contribution in [0.1, 0.15) is 48.4 Å². The van der Waals surface area contributed by atoms with Gasteiger partial charge in [-0.25, -0.2) is 19.2 Å². The Kier molecular flexibility index (Phi) is 9.23. The van der Waals surface area contributed by atoms with Crippen LogP contribution < -0.4 is 0 Å². The monoisotopic (exact) mass is 580 g/mol. The van der Waals surface area contributed by atoms with Crippen molar-refractivity contribution in [2.45, 2.75) is 37.6 Å². The van der Waals surface area contributed by atoms with E-state index < -0.39 is 54.6 Å². The molecule has 1 aliphatic heterocycles. The van der Waals surface area contributed by atoms with Gasteiger partial charge >= 0.3 is 23.9 Å². The van der Waals surface area contributed by atoms with Gasteiger partial charge in [0.25, 0.3) is 0 Å². The molecule has 0 unspecified atom stereocenters. The Hall–Kier alpha value is -5.28. The van der Waals surface area contributed by atoms with Crippen molar-refractivity contribution in [1.29, 1.82) is 0 Å². The number of carbonyl (C=O) groups is 4. The fraction of sp³-hybridized carbons (Fsp3) is 0.176. The normalized spacial score (nSPS) is 21.2. The van der Waals surface area contributed by atoms with Crippen LogP contribution in [0, 0.1) is 0 Å². The minimum atomic E-state index is -1.52. The van der Waals surface area contributed by atoms with E-state index >= 15 is 0 Å². The van der Waals surface area contributed by atoms with Crippen molar-refractivity contribution in [1.82, 2.24) is 0 Å². The van der Waals surface area contributed by atoms with Crippen molar-refractivity contribution >= 4 is 23.9 Å². The molecule has 0 bridgehead atoms. The van der Waals surface area contributed by atoms with Gasteiger partial charge in [-0.1, -0.05) is 72.8 Å². The fourth-order valence-corrected chi connectivity index (χ4v) is 4.54. The minimum absolute atomic E-state index is 0.195. The van der Waals surface area contributed by atoms with Crippen LogP contribution in [-0.4, -0.2) is 54.6 Å². The highest BCUT2D eigenvalue weighted by Gasteiger charge is 2.53. The van der Waals surface area contributed by atoms with E-state index in [1.165, 1.54) is 12.1 Å². The second-order valence-corrected chi connectivity index (χ2v) is 9.69. The van der Waals surface area contributed by atoms with Gasteiger partial charge in [-0.05, 0) is 55.5 Å². The highest BCUT2D eigenvalue weighted by Crippen LogP contribution is 2.31. The number of rotatable bonds is 8. The van der Waals surface area contributed by atoms with Gasteiger partial charge in [0.1, 0.15) is 0 Å². The van der Waals surface area contributed by atoms with E-state index in [2.05, 4.69) is 0 Å². The third-order valence-electron chi connectivity index (χ3n) is 6.72. The number of carbonyl (C=O) groups excluding carboxylic acids is 4. The molecule has 1 saturated heterocycles. The Balaban J connectivity index is 1.51. The molecule has 9 nitrogen and oxygen atoms in total. The zero-order valence-corrected chi connectivity index (χ0v) is 23.1. The number of hydrogen-bond donors (Lipinski definition) is 0. The Morgan fingerprint density at radius 3 is 1.12 bits per heavy atom. The summed E-state index contributed by atoms with van der Waals surface area (Å²) >= 11 is 0. The molecule has 0 aromatic heterocycles. The first-order chi connectivity index (χ1) is 20.9. The van der Waals surface area contributed by atoms with E-state index in [-0.39, 0.29) is 22.3 Å². The molecule has 0 amide bonds. The van der Waals surface area contributed by atoms with Crippen LogP contribution in [0.2, 0.25) is 0 Å². The molecular weight excluding hydrogens is 552 g/mol. The molecule has 0 aliphatic carbocycles. The smallest absolute Gasteiger partial charge is 0.340 e. The van der Waals surface area contributed by atoms with Crippen LogP contribution in [0.4, 0.5) is 0 Å². The maximum Gasteiger partial charge on any atom is 0.340 e. The first-order valence-corrected chi connectivity index (χ1v) is 13.6. The first-order valence-electron chi connectivity index (χ1n) is 13.6. The topological polar surface area (TPSA) is 114 Å². The zero-order chi connectivity index (χ0) is 30.2. The van der Waals surface area contributed by atoms with Crippen molar-refractivity contribution in [3.63, 3.8) is 0 Å². The summed E-state index contributed by atoms with van der Waals surface area (Å²) in [5.41, 5.74) is 0.876. The molecule has 0 saturated carbocycles. The van der Waals surface area contributed by atoms with Crippen molar-refractivity contribution in [2.75, 3.05) is 0 Å². The summed E-state index contributed by atoms with van der Waals surface area (Å²) in [6, 6.07) is 32.7. The number of benzene rings is 4. The Morgan fingerprint density at radius 1 is 0.442 bits per heavy atom. The van der Waals surface area contributed by atoms with Crippen LogP contribution in [0.5, 0.6) is 0 Å². The van der Waals surface area contributed by atoms with Gasteiger partial charge in [0, 0.05) is 0 Å². The highest BCUT2D eigenvalue weighted by atomic mass is 16.7. The Bertz CT molecular complexity index is 1540. The van der Waals surface area contributed by atoms with Crippen molar-refractivity contribution in [3.05, 3.63) is 144 Å². The molecule has 4 aromatic carbocycles. The molecule has 5 atom stereocenters. The van der Waals surface area contributed by atoms with Gasteiger partial charge in [0.15, 0.2) is 12.2 Å². The van der Waals surface area contributed by atoms with Crippen LogP contribution in [0.25, 0.3) is 0 Å². The number of ether oxygens (including phenoxy) is 5. The fourth-order valence-electron chi connectivity index (χ4n) is 4.54. The van der Waals surface area contributed by atoms with Gasteiger partial charge in [-0.15, -0.1) is 0 Å². The molecule has 0 N–H and O–H groups in total. The lowest BCUT2D eigenvalue weighted by Crippen LogP contribution is -2.61. The predicted molar refractivity (Wildman–Crippen MR) is 153 cm³/mol. The van der Waals surface area contributed by atoms with Crippen LogP contribution in [0.3, 0.4) is 0 Å². The first kappa shape index (κ1) is 29.2. The summed E-state index contributed by atoms with van der Waals surface area (Å²) in [5.74, 6) is -3.03. The standard InChI is InChI=1S/C34H28O9/c1-22-27(40-30(35)23-14-6-2-7-15-23)28(41-31(36)24-16-8-3-9-17-24)29(42-32(37)25-18-10-4-11-19-25)34(39-22)43-33(38)26-20-12-5-13-21-26/h2-22,27-29,34H,1H3/t22-,27+,28+,29-,34-/m0/s1. The van der Waals surface area contributed by atoms with Crippen LogP contribution >= 0.6 is 0 Å². The van der Waals surface area contributed by atoms with Gasteiger partial charge in [-0.2, -0.15) is 0 Å². The van der Waals surface area contributed by atoms with Gasteiger partial charge in [0.05, 0.1) is 28.4 Å². The third-order valence-corrected chi connectivity index (χ3v) is 6.72. The van der Waals surface area contributed by atoms with E-state index in [1.54, 1.807) is 116 Å². The van der Waals surface area contributed by atoms with Crippen LogP contribution in [-0.2, 0) is 23.7 Å². The van der Waals surface area contributed by atoms with E-state index in [4.69, 9.17) is 23.7 Å². The molecule has 5 rings (SSSR count). The van der Waals surface area contributed by atoms with Gasteiger partial charge < -0.3 is 23.7 Å². The largest absolute Gasteiger partial charge is 0.452 e. The van der Waals surface area contributed by atoms with Crippen LogP contribution in [0.15, 0.2) is 121 Å². The van der Waals surface area contributed by atoms with E-state index in [9.17, 15) is 19.2 Å². The van der Waals surface area contributed by atoms with E-state index in [1.807, 2.05) is 0 Å². The maximum absolute atomic E-state index is 13.3. The summed E-state index contributed by atoms with van der Waals surface area (Å²) in [6.07, 6.45) is -6.67. The molecule has 43 heavy (non-hydrogen) atoms. The average Bonchev–Trinajstić information content (AvgIpc) is 3.05. The van der Waals surface area contributed by atoms with E-state index in [0.29, 0.717) is 0 Å². The molecule has 1 fully saturated rings. The summed E-state index contributed by atoms with van der Waals surface area (Å²) in [6.45, 7) is 1.57. The predicted octanol–water partition coefficient (Wildman–Crippen LogP) is 5.27. The summed E-state index contributed by atoms with van der Waals surface area (Å²) < 4.78 is 29.2. The Labute approximate surface area is 247 Å². The lowest BCUT2D eigenvalue weighted by molar-refractivity contribution is -0.274. The van der Waals surface area contributed by atoms with Gasteiger partial charge in [-0.3, -0.25) is 0 Å². The molecule has 218 valence electrons. The maximum atomic E-state index is 13.3.